The van der Waals surface area contributed by atoms with E-state index >= 15 is 0 Å². The third-order valence-corrected chi connectivity index (χ3v) is 8.96. The van der Waals surface area contributed by atoms with Crippen LogP contribution in [0.2, 0.25) is 0 Å². The summed E-state index contributed by atoms with van der Waals surface area (Å²) < 4.78 is 30.0. The molecule has 2 saturated heterocycles. The number of rotatable bonds is 2. The minimum atomic E-state index is -0.929. The molecule has 2 saturated carbocycles. The van der Waals surface area contributed by atoms with Crippen LogP contribution in [-0.4, -0.2) is 35.0 Å². The second-order valence-corrected chi connectivity index (χ2v) is 11.0. The summed E-state index contributed by atoms with van der Waals surface area (Å²) in [6.07, 6.45) is 11.2. The number of esters is 2. The zero-order valence-electron chi connectivity index (χ0n) is 18.4. The van der Waals surface area contributed by atoms with Gasteiger partial charge in [-0.2, -0.15) is 0 Å². The molecule has 7 nitrogen and oxygen atoms in total. The molecule has 168 valence electrons. The number of carbonyl (C=O) groups excluding carboxylic acids is 2. The van der Waals surface area contributed by atoms with Crippen molar-refractivity contribution in [3.8, 4) is 0 Å². The molecule has 7 rings (SSSR count). The number of fused-ring (bicyclic) bond motifs is 1. The second-order valence-electron chi connectivity index (χ2n) is 11.0. The highest BCUT2D eigenvalue weighted by molar-refractivity contribution is 5.90. The van der Waals surface area contributed by atoms with E-state index in [1.54, 1.807) is 12.5 Å². The molecular weight excluding hydrogens is 412 g/mol. The predicted molar refractivity (Wildman–Crippen MR) is 109 cm³/mol. The number of furan rings is 1. The molecule has 1 aromatic rings. The van der Waals surface area contributed by atoms with E-state index in [1.165, 1.54) is 6.08 Å². The van der Waals surface area contributed by atoms with Gasteiger partial charge < -0.3 is 23.4 Å². The summed E-state index contributed by atoms with van der Waals surface area (Å²) in [5, 5.41) is 0. The normalized spacial score (nSPS) is 49.5. The summed E-state index contributed by atoms with van der Waals surface area (Å²) in [6, 6.07) is 1.89. The Balaban J connectivity index is 1.26. The van der Waals surface area contributed by atoms with Crippen molar-refractivity contribution in [2.45, 2.75) is 75.7 Å². The van der Waals surface area contributed by atoms with Crippen LogP contribution in [0.5, 0.6) is 0 Å². The summed E-state index contributed by atoms with van der Waals surface area (Å²) >= 11 is 0. The van der Waals surface area contributed by atoms with Gasteiger partial charge in [0.15, 0.2) is 5.79 Å². The second kappa shape index (κ2) is 5.39. The van der Waals surface area contributed by atoms with E-state index in [0.717, 1.165) is 30.4 Å². The molecule has 7 atom stereocenters. The summed E-state index contributed by atoms with van der Waals surface area (Å²) in [4.78, 5) is 25.1. The van der Waals surface area contributed by atoms with Crippen molar-refractivity contribution < 1.29 is 33.0 Å². The number of ether oxygens (including phenoxy) is 4. The fourth-order valence-corrected chi connectivity index (χ4v) is 7.61. The van der Waals surface area contributed by atoms with Crippen LogP contribution in [0, 0.1) is 16.7 Å². The summed E-state index contributed by atoms with van der Waals surface area (Å²) in [5.74, 6) is -1.51. The molecule has 0 amide bonds. The fourth-order valence-electron chi connectivity index (χ4n) is 7.61. The molecule has 7 heteroatoms. The smallest absolute Gasteiger partial charge is 0.331 e. The van der Waals surface area contributed by atoms with E-state index in [2.05, 4.69) is 6.08 Å². The van der Waals surface area contributed by atoms with Gasteiger partial charge in [0.25, 0.3) is 0 Å². The first kappa shape index (κ1) is 19.1. The lowest BCUT2D eigenvalue weighted by Gasteiger charge is -2.36. The maximum absolute atomic E-state index is 13.2. The van der Waals surface area contributed by atoms with Gasteiger partial charge in [-0.15, -0.1) is 0 Å². The summed E-state index contributed by atoms with van der Waals surface area (Å²) in [5.41, 5.74) is -0.251. The Morgan fingerprint density at radius 1 is 1.16 bits per heavy atom. The zero-order chi connectivity index (χ0) is 22.1. The minimum absolute atomic E-state index is 0.0922. The molecule has 0 N–H and O–H groups in total. The third kappa shape index (κ3) is 2.05. The Labute approximate surface area is 185 Å². The first-order chi connectivity index (χ1) is 15.1. The number of carbonyl (C=O) groups is 2. The molecule has 0 unspecified atom stereocenters. The van der Waals surface area contributed by atoms with Gasteiger partial charge in [0.05, 0.1) is 24.2 Å². The van der Waals surface area contributed by atoms with E-state index < -0.39 is 22.4 Å². The van der Waals surface area contributed by atoms with E-state index in [9.17, 15) is 9.59 Å². The van der Waals surface area contributed by atoms with Crippen LogP contribution < -0.4 is 0 Å². The lowest BCUT2D eigenvalue weighted by molar-refractivity contribution is -0.223. The van der Waals surface area contributed by atoms with Crippen molar-refractivity contribution in [3.05, 3.63) is 48.0 Å². The summed E-state index contributed by atoms with van der Waals surface area (Å²) in [6.45, 7) is 5.95. The molecule has 4 aliphatic heterocycles. The number of hydrogen-bond acceptors (Lipinski definition) is 7. The van der Waals surface area contributed by atoms with Gasteiger partial charge in [-0.3, -0.25) is 4.79 Å². The van der Waals surface area contributed by atoms with E-state index in [1.807, 2.05) is 32.9 Å². The average Bonchev–Trinajstić information content (AvgIpc) is 3.24. The van der Waals surface area contributed by atoms with Crippen LogP contribution in [0.15, 0.2) is 46.8 Å². The van der Waals surface area contributed by atoms with Gasteiger partial charge in [-0.05, 0) is 63.8 Å². The Morgan fingerprint density at radius 2 is 2.00 bits per heavy atom. The minimum Gasteiger partial charge on any atom is -0.472 e. The van der Waals surface area contributed by atoms with E-state index in [0.29, 0.717) is 6.42 Å². The molecule has 4 fully saturated rings. The van der Waals surface area contributed by atoms with Crippen LogP contribution >= 0.6 is 0 Å². The first-order valence-electron chi connectivity index (χ1n) is 11.4. The molecule has 2 aliphatic carbocycles. The molecule has 0 bridgehead atoms. The van der Waals surface area contributed by atoms with E-state index in [4.69, 9.17) is 23.4 Å². The molecular formula is C25H26O7. The molecule has 5 heterocycles. The van der Waals surface area contributed by atoms with Crippen molar-refractivity contribution in [1.29, 1.82) is 0 Å². The van der Waals surface area contributed by atoms with Crippen LogP contribution in [0.3, 0.4) is 0 Å². The maximum atomic E-state index is 13.2. The van der Waals surface area contributed by atoms with Gasteiger partial charge in [0, 0.05) is 29.4 Å². The average molecular weight is 438 g/mol. The Hall–Kier alpha value is -2.38. The molecule has 0 radical (unpaired) electrons. The van der Waals surface area contributed by atoms with Crippen LogP contribution in [-0.2, 0) is 28.5 Å². The van der Waals surface area contributed by atoms with Crippen molar-refractivity contribution >= 4 is 11.9 Å². The monoisotopic (exact) mass is 438 g/mol. The quantitative estimate of drug-likeness (QED) is 0.514. The number of hydrogen-bond donors (Lipinski definition) is 0. The lowest BCUT2D eigenvalue weighted by Crippen LogP contribution is -2.44. The largest absolute Gasteiger partial charge is 0.472 e. The zero-order valence-corrected chi connectivity index (χ0v) is 18.4. The van der Waals surface area contributed by atoms with Crippen LogP contribution in [0.25, 0.3) is 0 Å². The highest BCUT2D eigenvalue weighted by Crippen LogP contribution is 2.83. The maximum Gasteiger partial charge on any atom is 0.331 e. The Morgan fingerprint density at radius 3 is 2.72 bits per heavy atom. The highest BCUT2D eigenvalue weighted by Gasteiger charge is 2.85. The third-order valence-electron chi connectivity index (χ3n) is 8.96. The highest BCUT2D eigenvalue weighted by atomic mass is 16.7. The summed E-state index contributed by atoms with van der Waals surface area (Å²) in [7, 11) is 0. The molecule has 32 heavy (non-hydrogen) atoms. The molecule has 0 aromatic carbocycles. The molecule has 1 spiro atoms. The van der Waals surface area contributed by atoms with Gasteiger partial charge in [0.2, 0.25) is 0 Å². The fraction of sp³-hybridized carbons (Fsp3) is 0.600. The van der Waals surface area contributed by atoms with Gasteiger partial charge >= 0.3 is 11.9 Å². The topological polar surface area (TPSA) is 84.2 Å². The van der Waals surface area contributed by atoms with Crippen LogP contribution in [0.4, 0.5) is 0 Å². The van der Waals surface area contributed by atoms with Gasteiger partial charge in [-0.1, -0.05) is 0 Å². The number of cyclic esters (lactones) is 2. The van der Waals surface area contributed by atoms with Crippen molar-refractivity contribution in [3.63, 3.8) is 0 Å². The molecule has 1 aromatic heterocycles. The van der Waals surface area contributed by atoms with Crippen molar-refractivity contribution in [1.82, 2.24) is 0 Å². The van der Waals surface area contributed by atoms with Crippen LogP contribution in [0.1, 0.15) is 58.1 Å². The predicted octanol–water partition coefficient (Wildman–Crippen LogP) is 3.76. The SMILES string of the molecule is CC1(C)O[C@]2(C=C3[C@H](CC[C@]45C[C@]34C(=O)O[C@H]5c3ccoc3)O2)C[C@@H]1[C@]1(C)C=CC(=O)O1. The van der Waals surface area contributed by atoms with Crippen molar-refractivity contribution in [2.24, 2.45) is 16.7 Å². The van der Waals surface area contributed by atoms with Crippen molar-refractivity contribution in [2.75, 3.05) is 0 Å². The standard InChI is InChI=1S/C25H26O7/c1-21(2)17(22(3)7-5-18(26)31-22)11-24(32-21)10-15-16(30-24)4-8-23-13-25(15,23)20(27)29-19(23)14-6-9-28-12-14/h5-7,9-10,12,16-17,19H,4,8,11,13H2,1-3H3/t16-,17-,19-,22-,23+,24+,25+/m0/s1. The first-order valence-corrected chi connectivity index (χ1v) is 11.4. The lowest BCUT2D eigenvalue weighted by atomic mass is 9.72. The van der Waals surface area contributed by atoms with E-state index in [-0.39, 0.29) is 35.5 Å². The Kier molecular flexibility index (Phi) is 3.22. The Bertz CT molecular complexity index is 1120. The molecule has 6 aliphatic rings. The van der Waals surface area contributed by atoms with Gasteiger partial charge in [0.1, 0.15) is 17.1 Å². The van der Waals surface area contributed by atoms with Gasteiger partial charge in [-0.25, -0.2) is 4.79 Å².